The van der Waals surface area contributed by atoms with E-state index in [1.165, 1.54) is 0 Å². The van der Waals surface area contributed by atoms with Gasteiger partial charge in [0.1, 0.15) is 0 Å². The predicted octanol–water partition coefficient (Wildman–Crippen LogP) is -0.126. The Balaban J connectivity index is 0. The summed E-state index contributed by atoms with van der Waals surface area (Å²) in [5, 5.41) is 0. The first-order valence-electron chi connectivity index (χ1n) is 0. The third-order valence-electron chi connectivity index (χ3n) is 0. The van der Waals surface area contributed by atoms with Crippen LogP contribution < -0.4 is 0 Å². The molecule has 0 aromatic heterocycles. The van der Waals surface area contributed by atoms with Crippen LogP contribution >= 0.6 is 0 Å². The molecule has 0 saturated carbocycles. The number of rotatable bonds is 0. The van der Waals surface area contributed by atoms with Crippen LogP contribution in [0.25, 0.3) is 0 Å². The molecule has 0 bridgehead atoms. The second-order valence-electron chi connectivity index (χ2n) is 0. The van der Waals surface area contributed by atoms with Crippen molar-refractivity contribution in [1.29, 1.82) is 0 Å². The smallest absolute Gasteiger partial charge is 2.00 e. The number of hydrogen-bond acceptors (Lipinski definition) is 0. The molecule has 0 rings (SSSR count). The average molecular weight is 329 g/mol. The van der Waals surface area contributed by atoms with Gasteiger partial charge in [0, 0.05) is 37.8 Å². The maximum atomic E-state index is 0. The monoisotopic (exact) mass is 329 g/mol. The minimum Gasteiger partial charge on any atom is -2.00 e. The van der Waals surface area contributed by atoms with Gasteiger partial charge in [-0.2, -0.15) is 0 Å². The Hall–Kier alpha value is 1.66. The van der Waals surface area contributed by atoms with E-state index in [0.29, 0.717) is 0 Å². The maximum absolute atomic E-state index is 0. The summed E-state index contributed by atoms with van der Waals surface area (Å²) in [5.41, 5.74) is 0. The predicted molar refractivity (Wildman–Crippen MR) is 0.686 cm³/mol. The van der Waals surface area contributed by atoms with Crippen LogP contribution in [0.2, 0.25) is 0 Å². The summed E-state index contributed by atoms with van der Waals surface area (Å²) in [6.45, 7) is 0. The van der Waals surface area contributed by atoms with Crippen LogP contribution in [0.3, 0.4) is 0 Å². The second-order valence-corrected chi connectivity index (χ2v) is 0. The Morgan fingerprint density at radius 1 is 1.00 bits per heavy atom. The third kappa shape index (κ3) is 9.40. The van der Waals surface area contributed by atoms with Gasteiger partial charge < -0.3 is 5.48 Å². The molecule has 0 aliphatic rings. The molecule has 1 nitrogen and oxygen atoms in total. The first-order valence-corrected chi connectivity index (χ1v) is 0. The molecular formula is Co2OPt. The Labute approximate surface area is 59.9 Å². The molecule has 4 heavy (non-hydrogen) atoms. The zero-order valence-corrected chi connectivity index (χ0v) is 5.75. The first kappa shape index (κ1) is 44.6. The van der Waals surface area contributed by atoms with E-state index in [1.807, 2.05) is 0 Å². The molecule has 0 atom stereocenters. The average Bonchev–Trinajstić information content (AvgIpc) is 0. The molecule has 0 N–H and O–H groups in total. The van der Waals surface area contributed by atoms with Crippen LogP contribution in [-0.4, -0.2) is 0 Å². The van der Waals surface area contributed by atoms with E-state index in [1.54, 1.807) is 0 Å². The minimum absolute atomic E-state index is 0. The molecule has 0 aromatic carbocycles. The van der Waals surface area contributed by atoms with Crippen molar-refractivity contribution in [3.63, 3.8) is 0 Å². The van der Waals surface area contributed by atoms with E-state index in [9.17, 15) is 0 Å². The van der Waals surface area contributed by atoms with E-state index in [4.69, 9.17) is 0 Å². The van der Waals surface area contributed by atoms with E-state index in [-0.39, 0.29) is 60.1 Å². The van der Waals surface area contributed by atoms with Crippen molar-refractivity contribution in [1.82, 2.24) is 0 Å². The summed E-state index contributed by atoms with van der Waals surface area (Å²) in [6.07, 6.45) is 0. The van der Waals surface area contributed by atoms with Gasteiger partial charge >= 0.3 is 16.8 Å². The van der Waals surface area contributed by atoms with E-state index in [0.717, 1.165) is 0 Å². The Bertz CT molecular complexity index is 6.00. The van der Waals surface area contributed by atoms with Crippen molar-refractivity contribution in [2.24, 2.45) is 0 Å². The standard InChI is InChI=1S/2Co.O.Pt/q;+2;-2;. The van der Waals surface area contributed by atoms with Gasteiger partial charge in [0.15, 0.2) is 0 Å². The molecule has 0 amide bonds. The SMILES string of the molecule is [Co+2].[Co].[O-2].[Pt]. The van der Waals surface area contributed by atoms with Crippen molar-refractivity contribution in [2.45, 2.75) is 0 Å². The van der Waals surface area contributed by atoms with Gasteiger partial charge in [-0.3, -0.25) is 0 Å². The third-order valence-corrected chi connectivity index (χ3v) is 0. The molecule has 0 aromatic rings. The van der Waals surface area contributed by atoms with Crippen molar-refractivity contribution >= 4 is 0 Å². The zero-order chi connectivity index (χ0) is 0. The molecule has 0 heterocycles. The molecule has 0 aliphatic heterocycles. The summed E-state index contributed by atoms with van der Waals surface area (Å²) >= 11 is 0. The topological polar surface area (TPSA) is 28.5 Å². The van der Waals surface area contributed by atoms with Crippen molar-refractivity contribution in [3.8, 4) is 0 Å². The molecule has 0 saturated heterocycles. The van der Waals surface area contributed by atoms with Gasteiger partial charge in [0.05, 0.1) is 0 Å². The zero-order valence-electron chi connectivity index (χ0n) is 1.39. The van der Waals surface area contributed by atoms with Gasteiger partial charge in [0.2, 0.25) is 0 Å². The van der Waals surface area contributed by atoms with Crippen LogP contribution in [0, 0.1) is 0 Å². The van der Waals surface area contributed by atoms with Gasteiger partial charge in [-0.25, -0.2) is 0 Å². The van der Waals surface area contributed by atoms with Gasteiger partial charge in [-0.05, 0) is 0 Å². The molecule has 2 radical (unpaired) electrons. The maximum Gasteiger partial charge on any atom is 2.00 e. The van der Waals surface area contributed by atoms with Crippen molar-refractivity contribution in [3.05, 3.63) is 0 Å². The molecule has 0 unspecified atom stereocenters. The molecular weight excluding hydrogens is 329 g/mol. The first-order chi connectivity index (χ1) is 0. The fourth-order valence-corrected chi connectivity index (χ4v) is 0. The van der Waals surface area contributed by atoms with Crippen LogP contribution in [0.15, 0.2) is 0 Å². The Kier molecular flexibility index (Phi) is 252. The second kappa shape index (κ2) is 22.6. The minimum atomic E-state index is 0. The van der Waals surface area contributed by atoms with E-state index >= 15 is 0 Å². The number of hydrogen-bond donors (Lipinski definition) is 0. The van der Waals surface area contributed by atoms with Crippen LogP contribution in [0.1, 0.15) is 0 Å². The Morgan fingerprint density at radius 2 is 1.00 bits per heavy atom. The molecule has 0 fully saturated rings. The molecule has 0 spiro atoms. The summed E-state index contributed by atoms with van der Waals surface area (Å²) in [6, 6.07) is 0. The van der Waals surface area contributed by atoms with Crippen LogP contribution in [0.4, 0.5) is 0 Å². The van der Waals surface area contributed by atoms with Gasteiger partial charge in [-0.15, -0.1) is 0 Å². The summed E-state index contributed by atoms with van der Waals surface area (Å²) < 4.78 is 0. The van der Waals surface area contributed by atoms with Gasteiger partial charge in [0.25, 0.3) is 0 Å². The van der Waals surface area contributed by atoms with Gasteiger partial charge in [-0.1, -0.05) is 0 Å². The fourth-order valence-electron chi connectivity index (χ4n) is 0. The summed E-state index contributed by atoms with van der Waals surface area (Å²) in [5.74, 6) is 0. The summed E-state index contributed by atoms with van der Waals surface area (Å²) in [4.78, 5) is 0. The van der Waals surface area contributed by atoms with E-state index < -0.39 is 0 Å². The molecule has 0 aliphatic carbocycles. The largest absolute Gasteiger partial charge is 2.00 e. The molecule has 4 heteroatoms. The van der Waals surface area contributed by atoms with Crippen LogP contribution in [0.5, 0.6) is 0 Å². The fraction of sp³-hybridized carbons (Fsp3) is 0. The van der Waals surface area contributed by atoms with Crippen molar-refractivity contribution in [2.75, 3.05) is 0 Å². The quantitative estimate of drug-likeness (QED) is 0.593. The molecule has 34 valence electrons. The van der Waals surface area contributed by atoms with Crippen LogP contribution in [-0.2, 0) is 60.1 Å². The van der Waals surface area contributed by atoms with Crippen molar-refractivity contribution < 1.29 is 60.1 Å². The Morgan fingerprint density at radius 3 is 1.00 bits per heavy atom. The normalized spacial score (nSPS) is 0. The summed E-state index contributed by atoms with van der Waals surface area (Å²) in [7, 11) is 0. The van der Waals surface area contributed by atoms with E-state index in [2.05, 4.69) is 0 Å².